The second-order valence-corrected chi connectivity index (χ2v) is 5.89. The van der Waals surface area contributed by atoms with Crippen molar-refractivity contribution in [3.8, 4) is 5.75 Å². The number of hydrogen-bond acceptors (Lipinski definition) is 3. The summed E-state index contributed by atoms with van der Waals surface area (Å²) in [4.78, 5) is 16.3. The molecule has 0 bridgehead atoms. The van der Waals surface area contributed by atoms with Gasteiger partial charge in [-0.1, -0.05) is 48.0 Å². The second-order valence-electron chi connectivity index (χ2n) is 4.67. The van der Waals surface area contributed by atoms with Crippen molar-refractivity contribution in [2.24, 2.45) is 0 Å². The van der Waals surface area contributed by atoms with Crippen molar-refractivity contribution in [3.05, 3.63) is 71.5 Å². The van der Waals surface area contributed by atoms with Gasteiger partial charge >= 0.3 is 0 Å². The van der Waals surface area contributed by atoms with Gasteiger partial charge in [0, 0.05) is 17.8 Å². The standard InChI is InChI=1S/C17H11BrClNO2/c18-17(22-14-7-8-20-15(19)10-14)16(21)13-6-5-11-3-1-2-4-12(11)9-13/h1-10,17H. The van der Waals surface area contributed by atoms with Crippen LogP contribution >= 0.6 is 27.5 Å². The van der Waals surface area contributed by atoms with E-state index in [4.69, 9.17) is 16.3 Å². The Kier molecular flexibility index (Phi) is 4.41. The van der Waals surface area contributed by atoms with Crippen LogP contribution in [0.25, 0.3) is 10.8 Å². The molecule has 110 valence electrons. The monoisotopic (exact) mass is 375 g/mol. The molecule has 0 saturated carbocycles. The summed E-state index contributed by atoms with van der Waals surface area (Å²) < 4.78 is 5.57. The van der Waals surface area contributed by atoms with Crippen LogP contribution in [0.15, 0.2) is 60.8 Å². The molecule has 1 atom stereocenters. The molecule has 0 aliphatic heterocycles. The largest absolute Gasteiger partial charge is 0.471 e. The number of halogens is 2. The van der Waals surface area contributed by atoms with E-state index in [2.05, 4.69) is 20.9 Å². The van der Waals surface area contributed by atoms with E-state index in [0.717, 1.165) is 10.8 Å². The molecule has 0 radical (unpaired) electrons. The molecule has 0 saturated heterocycles. The Morgan fingerprint density at radius 2 is 1.86 bits per heavy atom. The van der Waals surface area contributed by atoms with E-state index < -0.39 is 5.01 Å². The number of ketones is 1. The highest BCUT2D eigenvalue weighted by Gasteiger charge is 2.19. The van der Waals surface area contributed by atoms with Crippen LogP contribution in [0, 0.1) is 0 Å². The third-order valence-electron chi connectivity index (χ3n) is 3.18. The third kappa shape index (κ3) is 3.29. The summed E-state index contributed by atoms with van der Waals surface area (Å²) >= 11 is 9.07. The van der Waals surface area contributed by atoms with Crippen LogP contribution in [0.3, 0.4) is 0 Å². The van der Waals surface area contributed by atoms with Gasteiger partial charge in [0.05, 0.1) is 0 Å². The normalized spacial score (nSPS) is 12.1. The maximum atomic E-state index is 12.5. The summed E-state index contributed by atoms with van der Waals surface area (Å²) in [5.41, 5.74) is 0.584. The SMILES string of the molecule is O=C(c1ccc2ccccc2c1)C(Br)Oc1ccnc(Cl)c1. The van der Waals surface area contributed by atoms with Gasteiger partial charge in [0.2, 0.25) is 10.8 Å². The van der Waals surface area contributed by atoms with Crippen LogP contribution < -0.4 is 4.74 Å². The van der Waals surface area contributed by atoms with Crippen LogP contribution in [0.5, 0.6) is 5.75 Å². The quantitative estimate of drug-likeness (QED) is 0.370. The van der Waals surface area contributed by atoms with Gasteiger partial charge in [0.15, 0.2) is 0 Å². The highest BCUT2D eigenvalue weighted by Crippen LogP contribution is 2.22. The Bertz CT molecular complexity index is 838. The molecule has 1 heterocycles. The van der Waals surface area contributed by atoms with Gasteiger partial charge < -0.3 is 4.74 Å². The summed E-state index contributed by atoms with van der Waals surface area (Å²) in [5.74, 6) is 0.328. The number of benzene rings is 2. The van der Waals surface area contributed by atoms with E-state index in [0.29, 0.717) is 16.5 Å². The topological polar surface area (TPSA) is 39.2 Å². The van der Waals surface area contributed by atoms with Crippen LogP contribution in [0.1, 0.15) is 10.4 Å². The molecule has 1 unspecified atom stereocenters. The number of carbonyl (C=O) groups excluding carboxylic acids is 1. The minimum Gasteiger partial charge on any atom is -0.471 e. The maximum Gasteiger partial charge on any atom is 0.215 e. The third-order valence-corrected chi connectivity index (χ3v) is 3.99. The van der Waals surface area contributed by atoms with E-state index in [1.807, 2.05) is 36.4 Å². The number of ether oxygens (including phenoxy) is 1. The Morgan fingerprint density at radius 1 is 1.09 bits per heavy atom. The van der Waals surface area contributed by atoms with E-state index in [9.17, 15) is 4.79 Å². The summed E-state index contributed by atoms with van der Waals surface area (Å²) in [6.07, 6.45) is 1.53. The molecule has 2 aromatic carbocycles. The van der Waals surface area contributed by atoms with Crippen molar-refractivity contribution >= 4 is 44.1 Å². The fourth-order valence-corrected chi connectivity index (χ4v) is 2.75. The average molecular weight is 377 g/mol. The van der Waals surface area contributed by atoms with E-state index in [1.54, 1.807) is 18.2 Å². The van der Waals surface area contributed by atoms with Gasteiger partial charge in [-0.15, -0.1) is 0 Å². The van der Waals surface area contributed by atoms with Crippen LogP contribution in [0.2, 0.25) is 5.15 Å². The number of alkyl halides is 1. The Balaban J connectivity index is 1.82. The lowest BCUT2D eigenvalue weighted by atomic mass is 10.0. The molecule has 3 nitrogen and oxygen atoms in total. The highest BCUT2D eigenvalue weighted by molar-refractivity contribution is 9.09. The van der Waals surface area contributed by atoms with E-state index >= 15 is 0 Å². The molecule has 3 aromatic rings. The van der Waals surface area contributed by atoms with Crippen molar-refractivity contribution in [2.75, 3.05) is 0 Å². The summed E-state index contributed by atoms with van der Waals surface area (Å²) in [6, 6.07) is 16.7. The smallest absolute Gasteiger partial charge is 0.215 e. The summed E-state index contributed by atoms with van der Waals surface area (Å²) in [5, 5.41) is 1.63. The Hall–Kier alpha value is -1.91. The zero-order valence-electron chi connectivity index (χ0n) is 11.4. The molecule has 22 heavy (non-hydrogen) atoms. The number of carbonyl (C=O) groups is 1. The van der Waals surface area contributed by atoms with E-state index in [-0.39, 0.29) is 5.78 Å². The molecule has 1 aromatic heterocycles. The number of nitrogens with zero attached hydrogens (tertiary/aromatic N) is 1. The first-order valence-corrected chi connectivity index (χ1v) is 7.88. The van der Waals surface area contributed by atoms with Crippen LogP contribution in [-0.4, -0.2) is 15.8 Å². The number of fused-ring (bicyclic) bond motifs is 1. The summed E-state index contributed by atoms with van der Waals surface area (Å²) in [6.45, 7) is 0. The number of rotatable bonds is 4. The molecule has 0 N–H and O–H groups in total. The van der Waals surface area contributed by atoms with Gasteiger partial charge in [-0.05, 0) is 38.8 Å². The zero-order valence-corrected chi connectivity index (χ0v) is 13.7. The molecule has 0 aliphatic carbocycles. The van der Waals surface area contributed by atoms with E-state index in [1.165, 1.54) is 6.20 Å². The maximum absolute atomic E-state index is 12.5. The summed E-state index contributed by atoms with van der Waals surface area (Å²) in [7, 11) is 0. The minimum atomic E-state index is -0.785. The van der Waals surface area contributed by atoms with Gasteiger partial charge in [-0.2, -0.15) is 0 Å². The second kappa shape index (κ2) is 6.46. The molecule has 0 aliphatic rings. The Labute approximate surface area is 141 Å². The van der Waals surface area contributed by atoms with Crippen molar-refractivity contribution < 1.29 is 9.53 Å². The number of aromatic nitrogens is 1. The first-order chi connectivity index (χ1) is 10.6. The Morgan fingerprint density at radius 3 is 2.64 bits per heavy atom. The zero-order chi connectivity index (χ0) is 15.5. The average Bonchev–Trinajstić information content (AvgIpc) is 2.53. The molecular weight excluding hydrogens is 366 g/mol. The van der Waals surface area contributed by atoms with Crippen molar-refractivity contribution in [1.29, 1.82) is 0 Å². The van der Waals surface area contributed by atoms with Gasteiger partial charge in [0.25, 0.3) is 0 Å². The lowest BCUT2D eigenvalue weighted by Crippen LogP contribution is -2.20. The minimum absolute atomic E-state index is 0.154. The lowest BCUT2D eigenvalue weighted by Gasteiger charge is -2.12. The first kappa shape index (κ1) is 15.0. The first-order valence-electron chi connectivity index (χ1n) is 6.59. The fourth-order valence-electron chi connectivity index (χ4n) is 2.10. The molecule has 3 rings (SSSR count). The predicted octanol–water partition coefficient (Wildman–Crippen LogP) is 4.87. The fraction of sp³-hybridized carbons (Fsp3) is 0.0588. The van der Waals surface area contributed by atoms with Crippen LogP contribution in [0.4, 0.5) is 0 Å². The van der Waals surface area contributed by atoms with Gasteiger partial charge in [0.1, 0.15) is 10.9 Å². The number of pyridine rings is 1. The van der Waals surface area contributed by atoms with Gasteiger partial charge in [-0.25, -0.2) is 4.98 Å². The lowest BCUT2D eigenvalue weighted by molar-refractivity contribution is 0.0897. The number of Topliss-reactive ketones (excluding diaryl/α,β-unsaturated/α-hetero) is 1. The van der Waals surface area contributed by atoms with Crippen molar-refractivity contribution in [2.45, 2.75) is 5.01 Å². The molecule has 0 amide bonds. The van der Waals surface area contributed by atoms with Crippen molar-refractivity contribution in [3.63, 3.8) is 0 Å². The number of hydrogen-bond donors (Lipinski definition) is 0. The predicted molar refractivity (Wildman–Crippen MR) is 90.9 cm³/mol. The van der Waals surface area contributed by atoms with Gasteiger partial charge in [-0.3, -0.25) is 4.79 Å². The van der Waals surface area contributed by atoms with Crippen LogP contribution in [-0.2, 0) is 0 Å². The molecule has 0 fully saturated rings. The highest BCUT2D eigenvalue weighted by atomic mass is 79.9. The molecule has 0 spiro atoms. The molecular formula is C17H11BrClNO2. The molecule has 5 heteroatoms. The van der Waals surface area contributed by atoms with Crippen molar-refractivity contribution in [1.82, 2.24) is 4.98 Å².